The van der Waals surface area contributed by atoms with E-state index in [1.165, 1.54) is 0 Å². The molecule has 0 aliphatic heterocycles. The summed E-state index contributed by atoms with van der Waals surface area (Å²) in [4.78, 5) is 3.37. The number of halogens is 1. The van der Waals surface area contributed by atoms with Crippen molar-refractivity contribution in [3.63, 3.8) is 0 Å². The Balaban J connectivity index is 2.29. The maximum atomic E-state index is 9.95. The molecule has 0 amide bonds. The molecule has 0 fully saturated rings. The zero-order valence-electron chi connectivity index (χ0n) is 11.1. The van der Waals surface area contributed by atoms with Crippen molar-refractivity contribution in [2.24, 2.45) is 0 Å². The fourth-order valence-electron chi connectivity index (χ4n) is 1.70. The summed E-state index contributed by atoms with van der Waals surface area (Å²) in [6, 6.07) is 7.76. The molecule has 1 rings (SSSR count). The monoisotopic (exact) mass is 287 g/mol. The lowest BCUT2D eigenvalue weighted by molar-refractivity contribution is 0.164. The van der Waals surface area contributed by atoms with E-state index in [1.807, 2.05) is 24.3 Å². The first-order chi connectivity index (χ1) is 8.67. The Morgan fingerprint density at radius 1 is 1.28 bits per heavy atom. The van der Waals surface area contributed by atoms with E-state index in [0.29, 0.717) is 5.75 Å². The standard InChI is InChI=1S/C14H22ClNOS/c1-3-16(4-2)10-9-12(17)11-18-14-8-6-5-7-13(14)15/h5-8,12,17H,3-4,9-11H2,1-2H3. The maximum Gasteiger partial charge on any atom is 0.0646 e. The topological polar surface area (TPSA) is 23.5 Å². The molecule has 4 heteroatoms. The summed E-state index contributed by atoms with van der Waals surface area (Å²) in [5.74, 6) is 0.699. The summed E-state index contributed by atoms with van der Waals surface area (Å²) in [5.41, 5.74) is 0. The first-order valence-corrected chi connectivity index (χ1v) is 7.81. The lowest BCUT2D eigenvalue weighted by atomic mass is 10.2. The average molecular weight is 288 g/mol. The minimum atomic E-state index is -0.271. The van der Waals surface area contributed by atoms with Crippen LogP contribution in [-0.2, 0) is 0 Å². The molecule has 0 saturated carbocycles. The lowest BCUT2D eigenvalue weighted by Gasteiger charge is -2.19. The highest BCUT2D eigenvalue weighted by atomic mass is 35.5. The molecular formula is C14H22ClNOS. The summed E-state index contributed by atoms with van der Waals surface area (Å²) in [5, 5.41) is 10.7. The van der Waals surface area contributed by atoms with Crippen molar-refractivity contribution in [2.75, 3.05) is 25.4 Å². The number of benzene rings is 1. The van der Waals surface area contributed by atoms with Gasteiger partial charge in [0.15, 0.2) is 0 Å². The van der Waals surface area contributed by atoms with Crippen LogP contribution in [0.2, 0.25) is 5.02 Å². The Morgan fingerprint density at radius 2 is 1.94 bits per heavy atom. The predicted molar refractivity (Wildman–Crippen MR) is 80.6 cm³/mol. The van der Waals surface area contributed by atoms with E-state index >= 15 is 0 Å². The second kappa shape index (κ2) is 8.81. The van der Waals surface area contributed by atoms with Crippen LogP contribution in [0.3, 0.4) is 0 Å². The quantitative estimate of drug-likeness (QED) is 0.740. The maximum absolute atomic E-state index is 9.95. The van der Waals surface area contributed by atoms with Gasteiger partial charge < -0.3 is 10.0 Å². The van der Waals surface area contributed by atoms with Gasteiger partial charge in [-0.2, -0.15) is 0 Å². The molecule has 0 aromatic heterocycles. The minimum absolute atomic E-state index is 0.271. The number of hydrogen-bond acceptors (Lipinski definition) is 3. The third-order valence-corrected chi connectivity index (χ3v) is 4.60. The Kier molecular flexibility index (Phi) is 7.75. The number of hydrogen-bond donors (Lipinski definition) is 1. The summed E-state index contributed by atoms with van der Waals surface area (Å²) < 4.78 is 0. The molecule has 1 N–H and O–H groups in total. The first-order valence-electron chi connectivity index (χ1n) is 6.45. The molecular weight excluding hydrogens is 266 g/mol. The van der Waals surface area contributed by atoms with E-state index in [2.05, 4.69) is 18.7 Å². The highest BCUT2D eigenvalue weighted by Gasteiger charge is 2.08. The minimum Gasteiger partial charge on any atom is -0.392 e. The Bertz CT molecular complexity index is 344. The van der Waals surface area contributed by atoms with E-state index in [9.17, 15) is 5.11 Å². The molecule has 1 atom stereocenters. The number of aliphatic hydroxyl groups excluding tert-OH is 1. The van der Waals surface area contributed by atoms with Crippen molar-refractivity contribution < 1.29 is 5.11 Å². The SMILES string of the molecule is CCN(CC)CCC(O)CSc1ccccc1Cl. The molecule has 2 nitrogen and oxygen atoms in total. The first kappa shape index (κ1) is 15.8. The van der Waals surface area contributed by atoms with Gasteiger partial charge in [-0.15, -0.1) is 11.8 Å². The summed E-state index contributed by atoms with van der Waals surface area (Å²) in [6.07, 6.45) is 0.547. The molecule has 1 aromatic carbocycles. The Morgan fingerprint density at radius 3 is 2.56 bits per heavy atom. The van der Waals surface area contributed by atoms with Crippen molar-refractivity contribution >= 4 is 23.4 Å². The van der Waals surface area contributed by atoms with Crippen LogP contribution in [0.5, 0.6) is 0 Å². The van der Waals surface area contributed by atoms with Crippen LogP contribution in [0.4, 0.5) is 0 Å². The van der Waals surface area contributed by atoms with Gasteiger partial charge in [0.05, 0.1) is 11.1 Å². The largest absolute Gasteiger partial charge is 0.392 e. The van der Waals surface area contributed by atoms with Crippen LogP contribution >= 0.6 is 23.4 Å². The fourth-order valence-corrected chi connectivity index (χ4v) is 2.92. The van der Waals surface area contributed by atoms with Crippen molar-refractivity contribution in [2.45, 2.75) is 31.3 Å². The lowest BCUT2D eigenvalue weighted by Crippen LogP contribution is -2.27. The smallest absolute Gasteiger partial charge is 0.0646 e. The number of aliphatic hydroxyl groups is 1. The van der Waals surface area contributed by atoms with Crippen molar-refractivity contribution in [1.82, 2.24) is 4.90 Å². The van der Waals surface area contributed by atoms with Gasteiger partial charge in [-0.3, -0.25) is 0 Å². The van der Waals surface area contributed by atoms with E-state index in [-0.39, 0.29) is 6.10 Å². The van der Waals surface area contributed by atoms with Crippen LogP contribution in [-0.4, -0.2) is 41.5 Å². The molecule has 0 saturated heterocycles. The third-order valence-electron chi connectivity index (χ3n) is 2.94. The molecule has 102 valence electrons. The molecule has 1 unspecified atom stereocenters. The van der Waals surface area contributed by atoms with Crippen LogP contribution in [0.25, 0.3) is 0 Å². The van der Waals surface area contributed by atoms with Gasteiger partial charge in [-0.05, 0) is 31.6 Å². The Hall–Kier alpha value is -0.220. The van der Waals surface area contributed by atoms with Gasteiger partial charge in [0.25, 0.3) is 0 Å². The van der Waals surface area contributed by atoms with Gasteiger partial charge in [0.2, 0.25) is 0 Å². The number of rotatable bonds is 8. The van der Waals surface area contributed by atoms with E-state index in [4.69, 9.17) is 11.6 Å². The van der Waals surface area contributed by atoms with Crippen LogP contribution in [0.1, 0.15) is 20.3 Å². The second-order valence-corrected chi connectivity index (χ2v) is 5.68. The number of thioether (sulfide) groups is 1. The average Bonchev–Trinajstić information content (AvgIpc) is 2.39. The normalized spacial score (nSPS) is 12.9. The fraction of sp³-hybridized carbons (Fsp3) is 0.571. The molecule has 0 aliphatic rings. The van der Waals surface area contributed by atoms with Gasteiger partial charge in [-0.1, -0.05) is 37.6 Å². The molecule has 0 radical (unpaired) electrons. The van der Waals surface area contributed by atoms with Gasteiger partial charge in [-0.25, -0.2) is 0 Å². The highest BCUT2D eigenvalue weighted by molar-refractivity contribution is 7.99. The zero-order valence-corrected chi connectivity index (χ0v) is 12.7. The van der Waals surface area contributed by atoms with Crippen molar-refractivity contribution in [1.29, 1.82) is 0 Å². The van der Waals surface area contributed by atoms with Gasteiger partial charge in [0, 0.05) is 17.2 Å². The van der Waals surface area contributed by atoms with Gasteiger partial charge >= 0.3 is 0 Å². The molecule has 0 heterocycles. The molecule has 0 bridgehead atoms. The molecule has 1 aromatic rings. The van der Waals surface area contributed by atoms with Crippen LogP contribution in [0, 0.1) is 0 Å². The van der Waals surface area contributed by atoms with Crippen LogP contribution in [0.15, 0.2) is 29.2 Å². The number of nitrogens with zero attached hydrogens (tertiary/aromatic N) is 1. The van der Waals surface area contributed by atoms with Gasteiger partial charge in [0.1, 0.15) is 0 Å². The third kappa shape index (κ3) is 5.61. The van der Waals surface area contributed by atoms with E-state index < -0.39 is 0 Å². The summed E-state index contributed by atoms with van der Waals surface area (Å²) in [6.45, 7) is 7.34. The van der Waals surface area contributed by atoms with Crippen molar-refractivity contribution in [3.8, 4) is 0 Å². The second-order valence-electron chi connectivity index (χ2n) is 4.21. The highest BCUT2D eigenvalue weighted by Crippen LogP contribution is 2.27. The molecule has 18 heavy (non-hydrogen) atoms. The summed E-state index contributed by atoms with van der Waals surface area (Å²) in [7, 11) is 0. The predicted octanol–water partition coefficient (Wildman–Crippen LogP) is 3.52. The molecule has 0 spiro atoms. The summed E-state index contributed by atoms with van der Waals surface area (Å²) >= 11 is 7.69. The molecule has 0 aliphatic carbocycles. The van der Waals surface area contributed by atoms with Crippen molar-refractivity contribution in [3.05, 3.63) is 29.3 Å². The zero-order chi connectivity index (χ0) is 13.4. The van der Waals surface area contributed by atoms with Crippen LogP contribution < -0.4 is 0 Å². The van der Waals surface area contributed by atoms with E-state index in [0.717, 1.165) is 36.0 Å². The van der Waals surface area contributed by atoms with E-state index in [1.54, 1.807) is 11.8 Å². The Labute approximate surface area is 119 Å².